The van der Waals surface area contributed by atoms with Crippen molar-refractivity contribution in [2.24, 2.45) is 0 Å². The van der Waals surface area contributed by atoms with Gasteiger partial charge in [-0.25, -0.2) is 0 Å². The summed E-state index contributed by atoms with van der Waals surface area (Å²) < 4.78 is 5.23. The number of nitrogens with two attached hydrogens (primary N) is 1. The normalized spacial score (nSPS) is 10.3. The van der Waals surface area contributed by atoms with E-state index in [0.717, 1.165) is 0 Å². The molecule has 20 heavy (non-hydrogen) atoms. The van der Waals surface area contributed by atoms with E-state index < -0.39 is 0 Å². The molecule has 2 N–H and O–H groups in total. The van der Waals surface area contributed by atoms with Crippen LogP contribution in [0.25, 0.3) is 0 Å². The van der Waals surface area contributed by atoms with Crippen LogP contribution in [0.15, 0.2) is 29.6 Å². The van der Waals surface area contributed by atoms with Crippen LogP contribution in [0.3, 0.4) is 0 Å². The van der Waals surface area contributed by atoms with Crippen molar-refractivity contribution in [3.8, 4) is 5.75 Å². The fourth-order valence-electron chi connectivity index (χ4n) is 1.94. The van der Waals surface area contributed by atoms with Gasteiger partial charge >= 0.3 is 0 Å². The molecule has 1 amide bonds. The molecule has 1 aromatic heterocycles. The number of carbonyl (C=O) groups is 1. The summed E-state index contributed by atoms with van der Waals surface area (Å²) in [6.45, 7) is 2.64. The second-order valence-corrected chi connectivity index (χ2v) is 5.65. The van der Waals surface area contributed by atoms with E-state index in [0.29, 0.717) is 23.5 Å². The number of carbonyl (C=O) groups excluding carboxylic acids is 1. The number of amides is 1. The highest BCUT2D eigenvalue weighted by molar-refractivity contribution is 7.10. The molecular formula is C15H18N2O2S. The first-order chi connectivity index (χ1) is 9.52. The van der Waals surface area contributed by atoms with Crippen molar-refractivity contribution in [2.75, 3.05) is 19.9 Å². The molecule has 0 aliphatic heterocycles. The lowest BCUT2D eigenvalue weighted by Crippen LogP contribution is -2.26. The fraction of sp³-hybridized carbons (Fsp3) is 0.267. The van der Waals surface area contributed by atoms with Gasteiger partial charge < -0.3 is 15.4 Å². The van der Waals surface area contributed by atoms with Gasteiger partial charge in [-0.05, 0) is 36.1 Å². The van der Waals surface area contributed by atoms with Crippen molar-refractivity contribution in [3.05, 3.63) is 45.6 Å². The Morgan fingerprint density at radius 2 is 2.15 bits per heavy atom. The highest BCUT2D eigenvalue weighted by Crippen LogP contribution is 2.24. The van der Waals surface area contributed by atoms with Gasteiger partial charge in [-0.2, -0.15) is 0 Å². The monoisotopic (exact) mass is 290 g/mol. The van der Waals surface area contributed by atoms with E-state index in [4.69, 9.17) is 10.5 Å². The molecule has 106 valence electrons. The van der Waals surface area contributed by atoms with E-state index in [-0.39, 0.29) is 5.91 Å². The van der Waals surface area contributed by atoms with Crippen LogP contribution < -0.4 is 10.5 Å². The van der Waals surface area contributed by atoms with E-state index in [1.807, 2.05) is 12.3 Å². The van der Waals surface area contributed by atoms with E-state index >= 15 is 0 Å². The first kappa shape index (κ1) is 14.4. The van der Waals surface area contributed by atoms with Crippen LogP contribution in [-0.2, 0) is 6.54 Å². The zero-order valence-corrected chi connectivity index (χ0v) is 12.7. The number of hydrogen-bond acceptors (Lipinski definition) is 4. The average molecular weight is 290 g/mol. The second-order valence-electron chi connectivity index (χ2n) is 4.65. The van der Waals surface area contributed by atoms with Crippen LogP contribution >= 0.6 is 11.3 Å². The van der Waals surface area contributed by atoms with Gasteiger partial charge in [0.25, 0.3) is 5.91 Å². The molecule has 0 saturated heterocycles. The van der Waals surface area contributed by atoms with E-state index in [2.05, 4.69) is 6.07 Å². The van der Waals surface area contributed by atoms with Crippen molar-refractivity contribution in [2.45, 2.75) is 13.5 Å². The van der Waals surface area contributed by atoms with Gasteiger partial charge in [0.05, 0.1) is 19.2 Å². The zero-order chi connectivity index (χ0) is 14.7. The van der Waals surface area contributed by atoms with Gasteiger partial charge in [0.15, 0.2) is 0 Å². The highest BCUT2D eigenvalue weighted by Gasteiger charge is 2.17. The van der Waals surface area contributed by atoms with Gasteiger partial charge in [0.2, 0.25) is 0 Å². The number of thiophene rings is 1. The average Bonchev–Trinajstić information content (AvgIpc) is 2.83. The van der Waals surface area contributed by atoms with Crippen LogP contribution in [0.5, 0.6) is 5.75 Å². The van der Waals surface area contributed by atoms with Crippen molar-refractivity contribution in [1.29, 1.82) is 0 Å². The third-order valence-electron chi connectivity index (χ3n) is 3.15. The topological polar surface area (TPSA) is 55.6 Å². The number of nitrogen functional groups attached to an aromatic ring is 1. The van der Waals surface area contributed by atoms with Crippen molar-refractivity contribution in [1.82, 2.24) is 4.90 Å². The summed E-state index contributed by atoms with van der Waals surface area (Å²) in [5.41, 5.74) is 8.02. The van der Waals surface area contributed by atoms with Gasteiger partial charge in [-0.1, -0.05) is 0 Å². The van der Waals surface area contributed by atoms with E-state index in [9.17, 15) is 4.79 Å². The Morgan fingerprint density at radius 1 is 1.40 bits per heavy atom. The molecule has 0 aliphatic carbocycles. The van der Waals surface area contributed by atoms with E-state index in [1.165, 1.54) is 17.6 Å². The SMILES string of the molecule is COc1cc(N)ccc1C(=O)N(C)Cc1sccc1C. The Hall–Kier alpha value is -2.01. The molecule has 1 heterocycles. The predicted molar refractivity (Wildman–Crippen MR) is 82.3 cm³/mol. The minimum absolute atomic E-state index is 0.0744. The lowest BCUT2D eigenvalue weighted by molar-refractivity contribution is 0.0783. The molecular weight excluding hydrogens is 272 g/mol. The molecule has 0 unspecified atom stereocenters. The molecule has 0 radical (unpaired) electrons. The Bertz CT molecular complexity index is 622. The summed E-state index contributed by atoms with van der Waals surface area (Å²) in [6, 6.07) is 7.13. The standard InChI is InChI=1S/C15H18N2O2S/c1-10-6-7-20-14(10)9-17(2)15(18)12-5-4-11(16)8-13(12)19-3/h4-8H,9,16H2,1-3H3. The van der Waals surface area contributed by atoms with Crippen LogP contribution in [0, 0.1) is 6.92 Å². The van der Waals surface area contributed by atoms with Gasteiger partial charge in [0, 0.05) is 23.7 Å². The molecule has 2 aromatic rings. The maximum absolute atomic E-state index is 12.5. The molecule has 5 heteroatoms. The van der Waals surface area contributed by atoms with Crippen molar-refractivity contribution < 1.29 is 9.53 Å². The molecule has 0 spiro atoms. The Labute approximate surface area is 122 Å². The van der Waals surface area contributed by atoms with Crippen molar-refractivity contribution >= 4 is 22.9 Å². The quantitative estimate of drug-likeness (QED) is 0.881. The van der Waals surface area contributed by atoms with Crippen molar-refractivity contribution in [3.63, 3.8) is 0 Å². The van der Waals surface area contributed by atoms with Crippen LogP contribution in [0.4, 0.5) is 5.69 Å². The third kappa shape index (κ3) is 2.93. The second kappa shape index (κ2) is 5.96. The number of anilines is 1. The molecule has 0 atom stereocenters. The largest absolute Gasteiger partial charge is 0.496 e. The lowest BCUT2D eigenvalue weighted by atomic mass is 10.1. The first-order valence-electron chi connectivity index (χ1n) is 6.25. The number of rotatable bonds is 4. The number of methoxy groups -OCH3 is 1. The molecule has 0 saturated carbocycles. The molecule has 0 bridgehead atoms. The number of benzene rings is 1. The maximum Gasteiger partial charge on any atom is 0.257 e. The summed E-state index contributed by atoms with van der Waals surface area (Å²) in [5, 5.41) is 2.03. The van der Waals surface area contributed by atoms with Crippen LogP contribution in [-0.4, -0.2) is 25.0 Å². The summed E-state index contributed by atoms with van der Waals surface area (Å²) in [5.74, 6) is 0.430. The summed E-state index contributed by atoms with van der Waals surface area (Å²) in [4.78, 5) is 15.4. The van der Waals surface area contributed by atoms with Gasteiger partial charge in [-0.3, -0.25) is 4.79 Å². The molecule has 4 nitrogen and oxygen atoms in total. The fourth-order valence-corrected chi connectivity index (χ4v) is 2.90. The minimum Gasteiger partial charge on any atom is -0.496 e. The lowest BCUT2D eigenvalue weighted by Gasteiger charge is -2.18. The predicted octanol–water partition coefficient (Wildman–Crippen LogP) is 2.92. The van der Waals surface area contributed by atoms with Gasteiger partial charge in [-0.15, -0.1) is 11.3 Å². The number of aryl methyl sites for hydroxylation is 1. The Balaban J connectivity index is 2.20. The summed E-state index contributed by atoms with van der Waals surface area (Å²) in [7, 11) is 3.33. The molecule has 0 aliphatic rings. The van der Waals surface area contributed by atoms with Crippen LogP contribution in [0.2, 0.25) is 0 Å². The number of ether oxygens (including phenoxy) is 1. The van der Waals surface area contributed by atoms with Crippen LogP contribution in [0.1, 0.15) is 20.8 Å². The molecule has 0 fully saturated rings. The van der Waals surface area contributed by atoms with Gasteiger partial charge in [0.1, 0.15) is 5.75 Å². The number of nitrogens with zero attached hydrogens (tertiary/aromatic N) is 1. The molecule has 2 rings (SSSR count). The van der Waals surface area contributed by atoms with E-state index in [1.54, 1.807) is 41.5 Å². The first-order valence-corrected chi connectivity index (χ1v) is 7.13. The summed E-state index contributed by atoms with van der Waals surface area (Å²) in [6.07, 6.45) is 0. The number of hydrogen-bond donors (Lipinski definition) is 1. The third-order valence-corrected chi connectivity index (χ3v) is 4.16. The Kier molecular flexibility index (Phi) is 4.29. The zero-order valence-electron chi connectivity index (χ0n) is 11.8. The Morgan fingerprint density at radius 3 is 2.75 bits per heavy atom. The minimum atomic E-state index is -0.0744. The summed E-state index contributed by atoms with van der Waals surface area (Å²) >= 11 is 1.66. The smallest absolute Gasteiger partial charge is 0.257 e. The highest BCUT2D eigenvalue weighted by atomic mass is 32.1. The maximum atomic E-state index is 12.5. The molecule has 1 aromatic carbocycles.